The Labute approximate surface area is 251 Å². The van der Waals surface area contributed by atoms with Gasteiger partial charge in [0, 0.05) is 7.11 Å². The molecule has 238 valence electrons. The molecule has 5 atom stereocenters. The van der Waals surface area contributed by atoms with Gasteiger partial charge in [-0.25, -0.2) is 18.4 Å². The highest BCUT2D eigenvalue weighted by Crippen LogP contribution is 2.65. The Bertz CT molecular complexity index is 1240. The summed E-state index contributed by atoms with van der Waals surface area (Å²) in [4.78, 5) is 37.8. The largest absolute Gasteiger partial charge is 0.496 e. The van der Waals surface area contributed by atoms with Gasteiger partial charge >= 0.3 is 19.1 Å². The number of rotatable bonds is 12. The van der Waals surface area contributed by atoms with E-state index in [0.29, 0.717) is 18.4 Å². The van der Waals surface area contributed by atoms with Gasteiger partial charge in [0.1, 0.15) is 11.3 Å². The molecule has 1 aromatic rings. The van der Waals surface area contributed by atoms with Crippen LogP contribution in [0.1, 0.15) is 76.7 Å². The molecule has 0 spiro atoms. The minimum absolute atomic E-state index is 0.0451. The van der Waals surface area contributed by atoms with Gasteiger partial charge in [0.25, 0.3) is 5.92 Å². The monoisotopic (exact) mass is 609 g/mol. The zero-order chi connectivity index (χ0) is 32.0. The molecular weight excluding hydrogens is 567 g/mol. The topological polar surface area (TPSA) is 119 Å². The van der Waals surface area contributed by atoms with E-state index in [9.17, 15) is 23.2 Å². The zero-order valence-electron chi connectivity index (χ0n) is 26.1. The molecule has 1 aromatic carbocycles. The third-order valence-electron chi connectivity index (χ3n) is 9.46. The molecule has 1 amide bonds. The Morgan fingerprint density at radius 3 is 2.42 bits per heavy atom. The molecule has 1 heterocycles. The molecule has 3 aliphatic carbocycles. The number of halogens is 2. The number of amides is 1. The van der Waals surface area contributed by atoms with E-state index in [4.69, 9.17) is 28.3 Å². The Kier molecular flexibility index (Phi) is 9.22. The SMILES string of the molecule is COc1c(CC(NC(=O)CC(C)(F)F)B2OC3CC4CC(C4(C)C)C3(C)O2)cccc1C(=O)OCOC(=O)C(C)(C)OC. The average Bonchev–Trinajstić information content (AvgIpc) is 3.28. The quantitative estimate of drug-likeness (QED) is 0.212. The van der Waals surface area contributed by atoms with Crippen molar-refractivity contribution in [2.75, 3.05) is 21.0 Å². The lowest BCUT2D eigenvalue weighted by Crippen LogP contribution is -2.65. The Balaban J connectivity index is 1.54. The number of carbonyl (C=O) groups is 3. The lowest BCUT2D eigenvalue weighted by atomic mass is 9.43. The molecule has 1 aliphatic heterocycles. The van der Waals surface area contributed by atoms with Gasteiger partial charge in [0.05, 0.1) is 31.2 Å². The molecule has 1 N–H and O–H groups in total. The number of nitrogens with one attached hydrogen (secondary N) is 1. The predicted octanol–water partition coefficient (Wildman–Crippen LogP) is 4.12. The Morgan fingerprint density at radius 1 is 1.12 bits per heavy atom. The molecular formula is C30H42BF2NO9. The molecule has 0 aromatic heterocycles. The molecule has 10 nitrogen and oxygen atoms in total. The number of esters is 2. The first kappa shape index (κ1) is 33.1. The standard InChI is InChI=1S/C30H42BF2NO9/c1-27(2)18-13-20(27)30(6)21(14-18)42-31(43-30)22(34-23(35)15-29(5,32)33)12-17-10-9-11-19(24(17)38-7)25(36)40-16-41-26(37)28(3,4)39-8/h9-11,18,20-22H,12-16H2,1-8H3,(H,34,35). The molecule has 4 aliphatic rings. The summed E-state index contributed by atoms with van der Waals surface area (Å²) in [6.07, 6.45) is 0.673. The fourth-order valence-electron chi connectivity index (χ4n) is 6.68. The van der Waals surface area contributed by atoms with Crippen molar-refractivity contribution < 1.29 is 51.4 Å². The number of hydrogen-bond acceptors (Lipinski definition) is 9. The van der Waals surface area contributed by atoms with Crippen LogP contribution in [0, 0.1) is 17.3 Å². The van der Waals surface area contributed by atoms with Crippen LogP contribution in [-0.2, 0) is 39.5 Å². The van der Waals surface area contributed by atoms with Crippen molar-refractivity contribution >= 4 is 25.0 Å². The van der Waals surface area contributed by atoms with Gasteiger partial charge in [-0.15, -0.1) is 0 Å². The maximum Gasteiger partial charge on any atom is 0.482 e. The van der Waals surface area contributed by atoms with Crippen molar-refractivity contribution in [2.24, 2.45) is 17.3 Å². The molecule has 3 saturated carbocycles. The summed E-state index contributed by atoms with van der Waals surface area (Å²) in [6.45, 7) is 9.53. The molecule has 1 saturated heterocycles. The van der Waals surface area contributed by atoms with Crippen LogP contribution in [0.4, 0.5) is 8.78 Å². The Hall–Kier alpha value is -2.77. The number of alkyl halides is 2. The van der Waals surface area contributed by atoms with Crippen LogP contribution in [0.2, 0.25) is 0 Å². The molecule has 43 heavy (non-hydrogen) atoms. The van der Waals surface area contributed by atoms with E-state index >= 15 is 0 Å². The van der Waals surface area contributed by atoms with Gasteiger partial charge in [-0.05, 0) is 75.8 Å². The summed E-state index contributed by atoms with van der Waals surface area (Å²) in [5, 5.41) is 2.70. The average molecular weight is 609 g/mol. The van der Waals surface area contributed by atoms with Crippen LogP contribution in [0.15, 0.2) is 18.2 Å². The van der Waals surface area contributed by atoms with E-state index in [0.717, 1.165) is 12.8 Å². The lowest BCUT2D eigenvalue weighted by molar-refractivity contribution is -0.199. The predicted molar refractivity (Wildman–Crippen MR) is 151 cm³/mol. The second-order valence-electron chi connectivity index (χ2n) is 13.2. The summed E-state index contributed by atoms with van der Waals surface area (Å²) >= 11 is 0. The van der Waals surface area contributed by atoms with Crippen molar-refractivity contribution in [1.29, 1.82) is 0 Å². The van der Waals surface area contributed by atoms with Crippen LogP contribution in [0.5, 0.6) is 5.75 Å². The van der Waals surface area contributed by atoms with E-state index in [1.54, 1.807) is 12.1 Å². The van der Waals surface area contributed by atoms with Gasteiger partial charge in [0.2, 0.25) is 12.7 Å². The highest BCUT2D eigenvalue weighted by molar-refractivity contribution is 6.48. The molecule has 13 heteroatoms. The van der Waals surface area contributed by atoms with Crippen molar-refractivity contribution in [2.45, 2.75) is 96.4 Å². The fourth-order valence-corrected chi connectivity index (χ4v) is 6.68. The molecule has 4 fully saturated rings. The molecule has 2 bridgehead atoms. The van der Waals surface area contributed by atoms with Crippen molar-refractivity contribution in [3.05, 3.63) is 29.3 Å². The van der Waals surface area contributed by atoms with E-state index in [2.05, 4.69) is 19.2 Å². The minimum Gasteiger partial charge on any atom is -0.496 e. The third kappa shape index (κ3) is 6.68. The number of benzene rings is 1. The van der Waals surface area contributed by atoms with E-state index in [1.807, 2.05) is 6.92 Å². The minimum atomic E-state index is -3.21. The first-order valence-corrected chi connectivity index (χ1v) is 14.5. The first-order valence-electron chi connectivity index (χ1n) is 14.5. The second-order valence-corrected chi connectivity index (χ2v) is 13.2. The maximum absolute atomic E-state index is 13.7. The smallest absolute Gasteiger partial charge is 0.482 e. The number of ether oxygens (including phenoxy) is 4. The van der Waals surface area contributed by atoms with Gasteiger partial charge in [-0.2, -0.15) is 0 Å². The summed E-state index contributed by atoms with van der Waals surface area (Å²) in [6, 6.07) is 4.76. The van der Waals surface area contributed by atoms with Crippen molar-refractivity contribution in [3.8, 4) is 5.75 Å². The van der Waals surface area contributed by atoms with E-state index < -0.39 is 61.2 Å². The summed E-state index contributed by atoms with van der Waals surface area (Å²) in [5.41, 5.74) is -1.20. The van der Waals surface area contributed by atoms with Crippen molar-refractivity contribution in [3.63, 3.8) is 0 Å². The van der Waals surface area contributed by atoms with E-state index in [1.165, 1.54) is 34.1 Å². The van der Waals surface area contributed by atoms with Gasteiger partial charge in [-0.3, -0.25) is 4.79 Å². The van der Waals surface area contributed by atoms with Crippen LogP contribution >= 0.6 is 0 Å². The number of hydrogen-bond donors (Lipinski definition) is 1. The normalized spacial score (nSPS) is 26.6. The van der Waals surface area contributed by atoms with Crippen LogP contribution < -0.4 is 10.1 Å². The number of para-hydroxylation sites is 1. The maximum atomic E-state index is 13.7. The van der Waals surface area contributed by atoms with Gasteiger partial charge < -0.3 is 33.6 Å². The fraction of sp³-hybridized carbons (Fsp3) is 0.700. The summed E-state index contributed by atoms with van der Waals surface area (Å²) in [5.74, 6) is -5.57. The van der Waals surface area contributed by atoms with Gasteiger partial charge in [0.15, 0.2) is 5.60 Å². The Morgan fingerprint density at radius 2 is 1.81 bits per heavy atom. The van der Waals surface area contributed by atoms with Crippen molar-refractivity contribution in [1.82, 2.24) is 5.32 Å². The second kappa shape index (κ2) is 12.0. The van der Waals surface area contributed by atoms with Gasteiger partial charge in [-0.1, -0.05) is 26.0 Å². The lowest BCUT2D eigenvalue weighted by Gasteiger charge is -2.64. The van der Waals surface area contributed by atoms with Crippen LogP contribution in [0.3, 0.4) is 0 Å². The first-order chi connectivity index (χ1) is 19.9. The molecule has 5 rings (SSSR count). The molecule has 0 radical (unpaired) electrons. The third-order valence-corrected chi connectivity index (χ3v) is 9.46. The summed E-state index contributed by atoms with van der Waals surface area (Å²) < 4.78 is 61.2. The summed E-state index contributed by atoms with van der Waals surface area (Å²) in [7, 11) is 1.81. The number of methoxy groups -OCH3 is 2. The van der Waals surface area contributed by atoms with E-state index in [-0.39, 0.29) is 35.2 Å². The van der Waals surface area contributed by atoms with Crippen LogP contribution in [-0.4, -0.2) is 75.1 Å². The zero-order valence-corrected chi connectivity index (χ0v) is 26.1. The highest BCUT2D eigenvalue weighted by Gasteiger charge is 2.68. The molecule has 5 unspecified atom stereocenters. The highest BCUT2D eigenvalue weighted by atomic mass is 19.3. The number of carbonyl (C=O) groups excluding carboxylic acids is 3. The van der Waals surface area contributed by atoms with Crippen LogP contribution in [0.25, 0.3) is 0 Å².